The third-order valence-electron chi connectivity index (χ3n) is 4.82. The fourth-order valence-electron chi connectivity index (χ4n) is 3.12. The van der Waals surface area contributed by atoms with Crippen LogP contribution in [0.15, 0.2) is 47.5 Å². The van der Waals surface area contributed by atoms with Crippen molar-refractivity contribution in [3.8, 4) is 11.5 Å². The Kier molecular flexibility index (Phi) is 11.1. The second-order valence-corrected chi connectivity index (χ2v) is 7.10. The van der Waals surface area contributed by atoms with E-state index in [0.29, 0.717) is 29.6 Å². The molecule has 2 rings (SSSR count). The van der Waals surface area contributed by atoms with Crippen LogP contribution >= 0.6 is 24.0 Å². The number of nitrogens with zero attached hydrogens (tertiary/aromatic N) is 2. The fraction of sp³-hybridized carbons (Fsp3) is 0.409. The molecular formula is C22H30F3IN4O2. The van der Waals surface area contributed by atoms with Crippen LogP contribution in [0.25, 0.3) is 0 Å². The summed E-state index contributed by atoms with van der Waals surface area (Å²) < 4.78 is 49.4. The van der Waals surface area contributed by atoms with Crippen LogP contribution in [0, 0.1) is 0 Å². The van der Waals surface area contributed by atoms with Crippen molar-refractivity contribution in [1.82, 2.24) is 15.5 Å². The Morgan fingerprint density at radius 2 is 1.72 bits per heavy atom. The number of benzene rings is 2. The molecule has 1 atom stereocenters. The third kappa shape index (κ3) is 7.73. The number of hydrogen-bond donors (Lipinski definition) is 2. The highest BCUT2D eigenvalue weighted by Gasteiger charge is 2.30. The number of hydrogen-bond acceptors (Lipinski definition) is 4. The van der Waals surface area contributed by atoms with Crippen LogP contribution in [0.2, 0.25) is 0 Å². The van der Waals surface area contributed by atoms with Gasteiger partial charge in [-0.2, -0.15) is 13.2 Å². The lowest BCUT2D eigenvalue weighted by atomic mass is 10.1. The number of halogens is 4. The van der Waals surface area contributed by atoms with Gasteiger partial charge in [-0.25, -0.2) is 0 Å². The lowest BCUT2D eigenvalue weighted by molar-refractivity contribution is -0.137. The minimum absolute atomic E-state index is 0. The third-order valence-corrected chi connectivity index (χ3v) is 4.82. The van der Waals surface area contributed by atoms with Crippen molar-refractivity contribution >= 4 is 29.9 Å². The van der Waals surface area contributed by atoms with Gasteiger partial charge in [-0.1, -0.05) is 18.2 Å². The van der Waals surface area contributed by atoms with Gasteiger partial charge >= 0.3 is 6.18 Å². The number of guanidine groups is 1. The Morgan fingerprint density at radius 1 is 1.03 bits per heavy atom. The number of ether oxygens (including phenoxy) is 2. The monoisotopic (exact) mass is 566 g/mol. The van der Waals surface area contributed by atoms with Gasteiger partial charge in [0.15, 0.2) is 17.5 Å². The molecule has 0 aliphatic carbocycles. The first-order valence-electron chi connectivity index (χ1n) is 9.68. The molecular weight excluding hydrogens is 536 g/mol. The maximum Gasteiger partial charge on any atom is 0.416 e. The van der Waals surface area contributed by atoms with Crippen LogP contribution in [0.5, 0.6) is 11.5 Å². The van der Waals surface area contributed by atoms with Crippen LogP contribution in [0.4, 0.5) is 13.2 Å². The number of aliphatic imine (C=N–C) groups is 1. The molecule has 0 bridgehead atoms. The normalized spacial score (nSPS) is 12.7. The number of alkyl halides is 3. The van der Waals surface area contributed by atoms with E-state index in [1.807, 2.05) is 37.2 Å². The predicted molar refractivity (Wildman–Crippen MR) is 131 cm³/mol. The fourth-order valence-corrected chi connectivity index (χ4v) is 3.12. The highest BCUT2D eigenvalue weighted by molar-refractivity contribution is 14.0. The molecule has 0 spiro atoms. The average Bonchev–Trinajstić information content (AvgIpc) is 2.75. The van der Waals surface area contributed by atoms with E-state index in [-0.39, 0.29) is 36.6 Å². The van der Waals surface area contributed by atoms with Crippen LogP contribution in [-0.4, -0.2) is 52.8 Å². The summed E-state index contributed by atoms with van der Waals surface area (Å²) >= 11 is 0. The molecule has 32 heavy (non-hydrogen) atoms. The lowest BCUT2D eigenvalue weighted by Gasteiger charge is -2.26. The number of rotatable bonds is 8. The van der Waals surface area contributed by atoms with Crippen LogP contribution in [-0.2, 0) is 12.7 Å². The maximum atomic E-state index is 12.9. The molecule has 0 fully saturated rings. The zero-order valence-electron chi connectivity index (χ0n) is 18.8. The van der Waals surface area contributed by atoms with Crippen molar-refractivity contribution < 1.29 is 22.6 Å². The molecule has 0 radical (unpaired) electrons. The molecule has 1 unspecified atom stereocenters. The zero-order chi connectivity index (χ0) is 23.0. The molecule has 0 saturated heterocycles. The summed E-state index contributed by atoms with van der Waals surface area (Å²) in [6.45, 7) is 0.733. The van der Waals surface area contributed by atoms with Crippen molar-refractivity contribution in [3.63, 3.8) is 0 Å². The molecule has 10 heteroatoms. The van der Waals surface area contributed by atoms with E-state index in [9.17, 15) is 13.2 Å². The Labute approximate surface area is 204 Å². The Hall–Kier alpha value is -2.21. The first-order chi connectivity index (χ1) is 14.7. The van der Waals surface area contributed by atoms with Gasteiger partial charge in [0.2, 0.25) is 0 Å². The van der Waals surface area contributed by atoms with Gasteiger partial charge < -0.3 is 25.0 Å². The van der Waals surface area contributed by atoms with Crippen molar-refractivity contribution in [3.05, 3.63) is 59.2 Å². The topological polar surface area (TPSA) is 58.1 Å². The standard InChI is InChI=1S/C22H29F3N4O2.HI/c1-26-21(27-13-15-7-6-8-17(11-15)22(23,24)25)28-14-18(29(2)3)16-9-10-19(30-4)20(12-16)31-5;/h6-12,18H,13-14H2,1-5H3,(H2,26,27,28);1H. The molecule has 2 aromatic carbocycles. The first kappa shape index (κ1) is 27.8. The van der Waals surface area contributed by atoms with Crippen LogP contribution in [0.3, 0.4) is 0 Å². The van der Waals surface area contributed by atoms with Gasteiger partial charge in [-0.05, 0) is 49.5 Å². The van der Waals surface area contributed by atoms with E-state index >= 15 is 0 Å². The molecule has 6 nitrogen and oxygen atoms in total. The minimum Gasteiger partial charge on any atom is -0.493 e. The van der Waals surface area contributed by atoms with Crippen molar-refractivity contribution in [2.75, 3.05) is 41.9 Å². The summed E-state index contributed by atoms with van der Waals surface area (Å²) in [5.41, 5.74) is 0.862. The second kappa shape index (κ2) is 12.7. The molecule has 2 aromatic rings. The molecule has 0 aromatic heterocycles. The largest absolute Gasteiger partial charge is 0.493 e. The van der Waals surface area contributed by atoms with E-state index < -0.39 is 11.7 Å². The Morgan fingerprint density at radius 3 is 2.28 bits per heavy atom. The summed E-state index contributed by atoms with van der Waals surface area (Å²) in [6.07, 6.45) is -4.37. The maximum absolute atomic E-state index is 12.9. The number of methoxy groups -OCH3 is 2. The SMILES string of the molecule is CN=C(NCc1cccc(C(F)(F)F)c1)NCC(c1ccc(OC)c(OC)c1)N(C)C.I. The summed E-state index contributed by atoms with van der Waals surface area (Å²) in [4.78, 5) is 6.22. The molecule has 0 heterocycles. The quantitative estimate of drug-likeness (QED) is 0.284. The number of likely N-dealkylation sites (N-methyl/N-ethyl adjacent to an activating group) is 1. The van der Waals surface area contributed by atoms with Gasteiger partial charge in [0, 0.05) is 20.1 Å². The van der Waals surface area contributed by atoms with Gasteiger partial charge in [0.05, 0.1) is 25.8 Å². The highest BCUT2D eigenvalue weighted by atomic mass is 127. The van der Waals surface area contributed by atoms with E-state index in [1.165, 1.54) is 6.07 Å². The minimum atomic E-state index is -4.37. The Bertz CT molecular complexity index is 892. The molecule has 2 N–H and O–H groups in total. The molecule has 0 amide bonds. The highest BCUT2D eigenvalue weighted by Crippen LogP contribution is 2.31. The van der Waals surface area contributed by atoms with Crippen molar-refractivity contribution in [2.45, 2.75) is 18.8 Å². The van der Waals surface area contributed by atoms with Gasteiger partial charge in [-0.15, -0.1) is 24.0 Å². The second-order valence-electron chi connectivity index (χ2n) is 7.10. The zero-order valence-corrected chi connectivity index (χ0v) is 21.1. The summed E-state index contributed by atoms with van der Waals surface area (Å²) in [6, 6.07) is 11.0. The molecule has 0 aliphatic heterocycles. The first-order valence-corrected chi connectivity index (χ1v) is 9.68. The number of nitrogens with one attached hydrogen (secondary N) is 2. The van der Waals surface area contributed by atoms with E-state index in [0.717, 1.165) is 17.7 Å². The van der Waals surface area contributed by atoms with Gasteiger partial charge in [0.1, 0.15) is 0 Å². The molecule has 0 aliphatic rings. The van der Waals surface area contributed by atoms with Crippen molar-refractivity contribution in [1.29, 1.82) is 0 Å². The van der Waals surface area contributed by atoms with E-state index in [4.69, 9.17) is 9.47 Å². The smallest absolute Gasteiger partial charge is 0.416 e. The van der Waals surface area contributed by atoms with Gasteiger partial charge in [-0.3, -0.25) is 4.99 Å². The predicted octanol–water partition coefficient (Wildman–Crippen LogP) is 4.31. The molecule has 178 valence electrons. The summed E-state index contributed by atoms with van der Waals surface area (Å²) in [5.74, 6) is 1.78. The summed E-state index contributed by atoms with van der Waals surface area (Å²) in [7, 11) is 8.71. The molecule has 0 saturated carbocycles. The lowest BCUT2D eigenvalue weighted by Crippen LogP contribution is -2.41. The van der Waals surface area contributed by atoms with E-state index in [1.54, 1.807) is 27.3 Å². The van der Waals surface area contributed by atoms with Crippen molar-refractivity contribution in [2.24, 2.45) is 4.99 Å². The van der Waals surface area contributed by atoms with E-state index in [2.05, 4.69) is 15.6 Å². The average molecular weight is 566 g/mol. The van der Waals surface area contributed by atoms with Crippen LogP contribution < -0.4 is 20.1 Å². The summed E-state index contributed by atoms with van der Waals surface area (Å²) in [5, 5.41) is 6.29. The Balaban J connectivity index is 0.00000512. The van der Waals surface area contributed by atoms with Gasteiger partial charge in [0.25, 0.3) is 0 Å². The van der Waals surface area contributed by atoms with Crippen LogP contribution in [0.1, 0.15) is 22.7 Å².